The van der Waals surface area contributed by atoms with E-state index in [9.17, 15) is 0 Å². The first-order valence-corrected chi connectivity index (χ1v) is 7.71. The fourth-order valence-corrected chi connectivity index (χ4v) is 2.13. The van der Waals surface area contributed by atoms with Crippen LogP contribution >= 0.6 is 15.9 Å². The van der Waals surface area contributed by atoms with Crippen LogP contribution in [0.25, 0.3) is 0 Å². The van der Waals surface area contributed by atoms with Crippen LogP contribution in [0.15, 0.2) is 58.0 Å². The highest BCUT2D eigenvalue weighted by molar-refractivity contribution is 9.10. The highest BCUT2D eigenvalue weighted by Gasteiger charge is 1.95. The van der Waals surface area contributed by atoms with E-state index in [0.29, 0.717) is 0 Å². The summed E-state index contributed by atoms with van der Waals surface area (Å²) in [6.45, 7) is 1.58. The van der Waals surface area contributed by atoms with E-state index in [1.165, 1.54) is 5.69 Å². The largest absolute Gasteiger partial charge is 0.383 e. The molecule has 0 saturated heterocycles. The third-order valence-corrected chi connectivity index (χ3v) is 3.59. The van der Waals surface area contributed by atoms with Gasteiger partial charge in [-0.25, -0.2) is 0 Å². The Kier molecular flexibility index (Phi) is 5.81. The van der Waals surface area contributed by atoms with Gasteiger partial charge in [0.2, 0.25) is 0 Å². The summed E-state index contributed by atoms with van der Waals surface area (Å²) in [5, 5.41) is 3.37. The first-order chi connectivity index (χ1) is 10.1. The fourth-order valence-electron chi connectivity index (χ4n) is 1.86. The molecule has 110 valence electrons. The number of benzene rings is 2. The second-order valence-electron chi connectivity index (χ2n) is 4.95. The van der Waals surface area contributed by atoms with Crippen LogP contribution in [0.5, 0.6) is 0 Å². The third-order valence-electron chi connectivity index (χ3n) is 3.06. The molecule has 0 spiro atoms. The number of hydrogen-bond acceptors (Lipinski definition) is 3. The van der Waals surface area contributed by atoms with Crippen LogP contribution in [-0.4, -0.2) is 33.4 Å². The molecule has 3 nitrogen and oxygen atoms in total. The summed E-state index contributed by atoms with van der Waals surface area (Å²) in [6.07, 6.45) is 1.91. The zero-order valence-corrected chi connectivity index (χ0v) is 14.0. The summed E-state index contributed by atoms with van der Waals surface area (Å²) in [7, 11) is 4.08. The fraction of sp³-hybridized carbons (Fsp3) is 0.235. The molecular formula is C17H20BrN3. The number of halogens is 1. The normalized spacial score (nSPS) is 10.8. The van der Waals surface area contributed by atoms with Gasteiger partial charge >= 0.3 is 0 Å². The number of aliphatic imine (C=N–C) groups is 1. The molecule has 21 heavy (non-hydrogen) atoms. The van der Waals surface area contributed by atoms with E-state index in [0.717, 1.165) is 28.8 Å². The average molecular weight is 346 g/mol. The first kappa shape index (κ1) is 15.6. The molecular weight excluding hydrogens is 326 g/mol. The minimum Gasteiger partial charge on any atom is -0.383 e. The van der Waals surface area contributed by atoms with E-state index in [4.69, 9.17) is 0 Å². The molecule has 0 atom stereocenters. The molecule has 0 aliphatic heterocycles. The molecule has 0 radical (unpaired) electrons. The van der Waals surface area contributed by atoms with Gasteiger partial charge in [-0.3, -0.25) is 4.99 Å². The molecule has 2 aromatic rings. The lowest BCUT2D eigenvalue weighted by atomic mass is 10.2. The molecule has 0 amide bonds. The Hall–Kier alpha value is -1.81. The highest BCUT2D eigenvalue weighted by atomic mass is 79.9. The van der Waals surface area contributed by atoms with Crippen molar-refractivity contribution in [1.82, 2.24) is 0 Å². The van der Waals surface area contributed by atoms with Crippen molar-refractivity contribution in [2.24, 2.45) is 4.99 Å². The van der Waals surface area contributed by atoms with Gasteiger partial charge in [-0.2, -0.15) is 0 Å². The summed E-state index contributed by atoms with van der Waals surface area (Å²) < 4.78 is 1.09. The zero-order chi connectivity index (χ0) is 15.1. The molecule has 1 N–H and O–H groups in total. The molecule has 0 aliphatic rings. The second-order valence-corrected chi connectivity index (χ2v) is 5.87. The summed E-state index contributed by atoms with van der Waals surface area (Å²) in [5.74, 6) is 0. The van der Waals surface area contributed by atoms with Crippen LogP contribution in [-0.2, 0) is 0 Å². The van der Waals surface area contributed by atoms with Crippen molar-refractivity contribution in [2.75, 3.05) is 37.4 Å². The number of nitrogens with one attached hydrogen (secondary N) is 1. The van der Waals surface area contributed by atoms with Crippen molar-refractivity contribution in [3.8, 4) is 0 Å². The molecule has 0 heterocycles. The number of anilines is 2. The predicted octanol–water partition coefficient (Wildman–Crippen LogP) is 4.05. The number of rotatable bonds is 6. The van der Waals surface area contributed by atoms with Crippen molar-refractivity contribution in [2.45, 2.75) is 0 Å². The summed E-state index contributed by atoms with van der Waals surface area (Å²) in [6, 6.07) is 16.5. The molecule has 0 saturated carbocycles. The monoisotopic (exact) mass is 345 g/mol. The van der Waals surface area contributed by atoms with Gasteiger partial charge in [-0.15, -0.1) is 0 Å². The molecule has 2 rings (SSSR count). The average Bonchev–Trinajstić information content (AvgIpc) is 2.49. The molecule has 0 aromatic heterocycles. The summed E-state index contributed by atoms with van der Waals surface area (Å²) in [4.78, 5) is 6.51. The van der Waals surface area contributed by atoms with E-state index in [2.05, 4.69) is 55.4 Å². The third kappa shape index (κ3) is 5.23. The van der Waals surface area contributed by atoms with Gasteiger partial charge in [0, 0.05) is 42.7 Å². The molecule has 0 fully saturated rings. The maximum absolute atomic E-state index is 4.42. The van der Waals surface area contributed by atoms with Crippen molar-refractivity contribution in [3.05, 3.63) is 58.6 Å². The van der Waals surface area contributed by atoms with Crippen LogP contribution in [0.3, 0.4) is 0 Å². The van der Waals surface area contributed by atoms with Gasteiger partial charge in [-0.1, -0.05) is 28.1 Å². The Morgan fingerprint density at radius 2 is 1.71 bits per heavy atom. The van der Waals surface area contributed by atoms with Crippen molar-refractivity contribution in [3.63, 3.8) is 0 Å². The standard InChI is InChI=1S/C17H20BrN3/c1-21(2)17-9-7-16(8-10-17)20-12-11-19-13-14-3-5-15(18)6-4-14/h3-10,13,20H,11-12H2,1-2H3. The van der Waals surface area contributed by atoms with Crippen molar-refractivity contribution < 1.29 is 0 Å². The zero-order valence-electron chi connectivity index (χ0n) is 12.4. The smallest absolute Gasteiger partial charge is 0.0562 e. The summed E-state index contributed by atoms with van der Waals surface area (Å²) >= 11 is 3.42. The van der Waals surface area contributed by atoms with Gasteiger partial charge in [0.15, 0.2) is 0 Å². The lowest BCUT2D eigenvalue weighted by molar-refractivity contribution is 1.03. The quantitative estimate of drug-likeness (QED) is 0.631. The maximum Gasteiger partial charge on any atom is 0.0562 e. The van der Waals surface area contributed by atoms with Crippen molar-refractivity contribution >= 4 is 33.5 Å². The predicted molar refractivity (Wildman–Crippen MR) is 95.9 cm³/mol. The van der Waals surface area contributed by atoms with Crippen molar-refractivity contribution in [1.29, 1.82) is 0 Å². The first-order valence-electron chi connectivity index (χ1n) is 6.92. The van der Waals surface area contributed by atoms with E-state index in [1.807, 2.05) is 44.6 Å². The van der Waals surface area contributed by atoms with Gasteiger partial charge < -0.3 is 10.2 Å². The van der Waals surface area contributed by atoms with Crippen LogP contribution in [0.2, 0.25) is 0 Å². The van der Waals surface area contributed by atoms with E-state index in [-0.39, 0.29) is 0 Å². The topological polar surface area (TPSA) is 27.6 Å². The van der Waals surface area contributed by atoms with E-state index >= 15 is 0 Å². The molecule has 2 aromatic carbocycles. The Labute approximate surface area is 134 Å². The van der Waals surface area contributed by atoms with Gasteiger partial charge in [0.25, 0.3) is 0 Å². The minimum atomic E-state index is 0.755. The van der Waals surface area contributed by atoms with Gasteiger partial charge in [0.05, 0.1) is 6.54 Å². The minimum absolute atomic E-state index is 0.755. The van der Waals surface area contributed by atoms with Gasteiger partial charge in [-0.05, 0) is 42.0 Å². The number of hydrogen-bond donors (Lipinski definition) is 1. The number of nitrogens with zero attached hydrogens (tertiary/aromatic N) is 2. The Bertz CT molecular complexity index is 574. The highest BCUT2D eigenvalue weighted by Crippen LogP contribution is 2.15. The van der Waals surface area contributed by atoms with Crippen LogP contribution in [0.1, 0.15) is 5.56 Å². The lowest BCUT2D eigenvalue weighted by Crippen LogP contribution is -2.09. The Balaban J connectivity index is 1.75. The molecule has 0 bridgehead atoms. The molecule has 0 aliphatic carbocycles. The maximum atomic E-state index is 4.42. The summed E-state index contributed by atoms with van der Waals surface area (Å²) in [5.41, 5.74) is 3.45. The van der Waals surface area contributed by atoms with E-state index in [1.54, 1.807) is 0 Å². The van der Waals surface area contributed by atoms with Gasteiger partial charge in [0.1, 0.15) is 0 Å². The lowest BCUT2D eigenvalue weighted by Gasteiger charge is -2.13. The Morgan fingerprint density at radius 3 is 2.33 bits per heavy atom. The molecule has 4 heteroatoms. The second kappa shape index (κ2) is 7.84. The van der Waals surface area contributed by atoms with E-state index < -0.39 is 0 Å². The van der Waals surface area contributed by atoms with Crippen LogP contribution in [0.4, 0.5) is 11.4 Å². The van der Waals surface area contributed by atoms with Crippen LogP contribution in [0, 0.1) is 0 Å². The Morgan fingerprint density at radius 1 is 1.05 bits per heavy atom. The van der Waals surface area contributed by atoms with Crippen LogP contribution < -0.4 is 10.2 Å². The molecule has 0 unspecified atom stereocenters. The SMILES string of the molecule is CN(C)c1ccc(NCCN=Cc2ccc(Br)cc2)cc1.